The Bertz CT molecular complexity index is 256. The maximum atomic E-state index is 11.2. The van der Waals surface area contributed by atoms with Crippen molar-refractivity contribution in [1.82, 2.24) is 0 Å². The third-order valence-electron chi connectivity index (χ3n) is 1.55. The third-order valence-corrected chi connectivity index (χ3v) is 3.52. The second-order valence-electron chi connectivity index (χ2n) is 2.67. The SMILES string of the molecule is CCCCS(=O)(=O)C(C)OC(=O)O. The lowest BCUT2D eigenvalue weighted by Gasteiger charge is -2.10. The molecule has 0 aliphatic carbocycles. The molecule has 5 nitrogen and oxygen atoms in total. The quantitative estimate of drug-likeness (QED) is 0.690. The van der Waals surface area contributed by atoms with Crippen LogP contribution in [-0.4, -0.2) is 30.9 Å². The first-order valence-electron chi connectivity index (χ1n) is 4.01. The molecular formula is C7H14O5S. The Morgan fingerprint density at radius 1 is 1.54 bits per heavy atom. The number of unbranched alkanes of at least 4 members (excludes halogenated alkanes) is 1. The molecule has 0 rings (SSSR count). The molecule has 0 saturated heterocycles. The van der Waals surface area contributed by atoms with Crippen LogP contribution in [0.3, 0.4) is 0 Å². The average Bonchev–Trinajstić information content (AvgIpc) is 1.99. The highest BCUT2D eigenvalue weighted by molar-refractivity contribution is 7.91. The number of sulfone groups is 1. The van der Waals surface area contributed by atoms with E-state index >= 15 is 0 Å². The summed E-state index contributed by atoms with van der Waals surface area (Å²) >= 11 is 0. The minimum absolute atomic E-state index is 0.0298. The maximum Gasteiger partial charge on any atom is 0.507 e. The lowest BCUT2D eigenvalue weighted by molar-refractivity contribution is 0.0839. The topological polar surface area (TPSA) is 80.7 Å². The highest BCUT2D eigenvalue weighted by Crippen LogP contribution is 2.06. The van der Waals surface area contributed by atoms with Gasteiger partial charge in [0.1, 0.15) is 0 Å². The maximum absolute atomic E-state index is 11.2. The van der Waals surface area contributed by atoms with Gasteiger partial charge in [0.15, 0.2) is 9.84 Å². The summed E-state index contributed by atoms with van der Waals surface area (Å²) < 4.78 is 26.6. The van der Waals surface area contributed by atoms with Gasteiger partial charge in [-0.3, -0.25) is 0 Å². The average molecular weight is 210 g/mol. The number of carboxylic acid groups (broad SMARTS) is 1. The number of ether oxygens (including phenoxy) is 1. The van der Waals surface area contributed by atoms with Gasteiger partial charge in [0.25, 0.3) is 0 Å². The van der Waals surface area contributed by atoms with Gasteiger partial charge in [-0.15, -0.1) is 0 Å². The predicted molar refractivity (Wildman–Crippen MR) is 47.3 cm³/mol. The second kappa shape index (κ2) is 5.06. The van der Waals surface area contributed by atoms with Crippen LogP contribution in [0.15, 0.2) is 0 Å². The van der Waals surface area contributed by atoms with Crippen molar-refractivity contribution in [2.45, 2.75) is 32.1 Å². The zero-order chi connectivity index (χ0) is 10.5. The largest absolute Gasteiger partial charge is 0.507 e. The van der Waals surface area contributed by atoms with Gasteiger partial charge in [0.2, 0.25) is 5.44 Å². The third kappa shape index (κ3) is 4.72. The molecule has 0 aliphatic rings. The zero-order valence-electron chi connectivity index (χ0n) is 7.69. The Morgan fingerprint density at radius 3 is 2.46 bits per heavy atom. The Labute approximate surface area is 77.6 Å². The van der Waals surface area contributed by atoms with E-state index in [1.165, 1.54) is 6.92 Å². The molecule has 13 heavy (non-hydrogen) atoms. The molecule has 0 aromatic heterocycles. The van der Waals surface area contributed by atoms with Gasteiger partial charge in [-0.2, -0.15) is 0 Å². The first-order valence-corrected chi connectivity index (χ1v) is 5.73. The van der Waals surface area contributed by atoms with E-state index in [0.29, 0.717) is 6.42 Å². The minimum Gasteiger partial charge on any atom is -0.450 e. The van der Waals surface area contributed by atoms with Crippen molar-refractivity contribution in [3.8, 4) is 0 Å². The lowest BCUT2D eigenvalue weighted by atomic mass is 10.4. The van der Waals surface area contributed by atoms with Crippen LogP contribution < -0.4 is 0 Å². The first kappa shape index (κ1) is 12.2. The summed E-state index contributed by atoms with van der Waals surface area (Å²) in [5.74, 6) is -0.0298. The molecule has 0 amide bonds. The van der Waals surface area contributed by atoms with Crippen molar-refractivity contribution >= 4 is 16.0 Å². The molecule has 0 fully saturated rings. The monoisotopic (exact) mass is 210 g/mol. The lowest BCUT2D eigenvalue weighted by Crippen LogP contribution is -2.26. The van der Waals surface area contributed by atoms with Gasteiger partial charge < -0.3 is 9.84 Å². The molecule has 0 aromatic rings. The summed E-state index contributed by atoms with van der Waals surface area (Å²) in [4.78, 5) is 10.0. The van der Waals surface area contributed by atoms with Gasteiger partial charge in [-0.25, -0.2) is 13.2 Å². The Kier molecular flexibility index (Phi) is 4.76. The fraction of sp³-hybridized carbons (Fsp3) is 0.857. The van der Waals surface area contributed by atoms with Crippen molar-refractivity contribution < 1.29 is 23.1 Å². The summed E-state index contributed by atoms with van der Waals surface area (Å²) in [6, 6.07) is 0. The summed E-state index contributed by atoms with van der Waals surface area (Å²) in [5, 5.41) is 8.19. The highest BCUT2D eigenvalue weighted by Gasteiger charge is 2.23. The molecule has 0 spiro atoms. The Morgan fingerprint density at radius 2 is 2.08 bits per heavy atom. The van der Waals surface area contributed by atoms with Crippen LogP contribution in [0, 0.1) is 0 Å². The van der Waals surface area contributed by atoms with E-state index in [9.17, 15) is 13.2 Å². The van der Waals surface area contributed by atoms with Gasteiger partial charge in [0.05, 0.1) is 5.75 Å². The zero-order valence-corrected chi connectivity index (χ0v) is 8.50. The molecule has 0 saturated carbocycles. The van der Waals surface area contributed by atoms with E-state index < -0.39 is 21.4 Å². The Hall–Kier alpha value is -0.780. The van der Waals surface area contributed by atoms with Crippen molar-refractivity contribution in [3.63, 3.8) is 0 Å². The van der Waals surface area contributed by atoms with Gasteiger partial charge >= 0.3 is 6.16 Å². The molecule has 1 N–H and O–H groups in total. The molecule has 0 heterocycles. The van der Waals surface area contributed by atoms with E-state index in [1.807, 2.05) is 6.92 Å². The number of rotatable bonds is 5. The molecule has 0 aromatic carbocycles. The van der Waals surface area contributed by atoms with Crippen molar-refractivity contribution in [1.29, 1.82) is 0 Å². The molecule has 1 atom stereocenters. The molecular weight excluding hydrogens is 196 g/mol. The van der Waals surface area contributed by atoms with E-state index in [2.05, 4.69) is 4.74 Å². The van der Waals surface area contributed by atoms with Crippen molar-refractivity contribution in [2.24, 2.45) is 0 Å². The molecule has 0 bridgehead atoms. The molecule has 0 aliphatic heterocycles. The van der Waals surface area contributed by atoms with E-state index in [1.54, 1.807) is 0 Å². The van der Waals surface area contributed by atoms with Crippen LogP contribution in [0.25, 0.3) is 0 Å². The van der Waals surface area contributed by atoms with Crippen LogP contribution in [-0.2, 0) is 14.6 Å². The highest BCUT2D eigenvalue weighted by atomic mass is 32.2. The summed E-state index contributed by atoms with van der Waals surface area (Å²) in [7, 11) is -3.42. The molecule has 6 heteroatoms. The predicted octanol–water partition coefficient (Wildman–Crippen LogP) is 1.24. The van der Waals surface area contributed by atoms with Crippen LogP contribution in [0.1, 0.15) is 26.7 Å². The van der Waals surface area contributed by atoms with Crippen molar-refractivity contribution in [3.05, 3.63) is 0 Å². The molecule has 1 unspecified atom stereocenters. The number of carbonyl (C=O) groups is 1. The minimum atomic E-state index is -3.42. The molecule has 78 valence electrons. The van der Waals surface area contributed by atoms with Crippen LogP contribution in [0.5, 0.6) is 0 Å². The normalized spacial score (nSPS) is 13.7. The van der Waals surface area contributed by atoms with Crippen LogP contribution in [0.4, 0.5) is 4.79 Å². The fourth-order valence-corrected chi connectivity index (χ4v) is 1.98. The summed E-state index contributed by atoms with van der Waals surface area (Å²) in [6.45, 7) is 3.08. The Balaban J connectivity index is 4.20. The fourth-order valence-electron chi connectivity index (χ4n) is 0.727. The number of hydrogen-bond donors (Lipinski definition) is 1. The first-order chi connectivity index (χ1) is 5.90. The molecule has 0 radical (unpaired) electrons. The van der Waals surface area contributed by atoms with Crippen molar-refractivity contribution in [2.75, 3.05) is 5.75 Å². The standard InChI is InChI=1S/C7H14O5S/c1-3-4-5-13(10,11)6(2)12-7(8)9/h6H,3-5H2,1-2H3,(H,8,9). The summed E-state index contributed by atoms with van der Waals surface area (Å²) in [5.41, 5.74) is -1.27. The van der Waals surface area contributed by atoms with Crippen LogP contribution in [0.2, 0.25) is 0 Å². The smallest absolute Gasteiger partial charge is 0.450 e. The van der Waals surface area contributed by atoms with E-state index in [-0.39, 0.29) is 5.75 Å². The van der Waals surface area contributed by atoms with Gasteiger partial charge in [-0.05, 0) is 13.3 Å². The summed E-state index contributed by atoms with van der Waals surface area (Å²) in [6.07, 6.45) is -0.290. The van der Waals surface area contributed by atoms with E-state index in [4.69, 9.17) is 5.11 Å². The van der Waals surface area contributed by atoms with Gasteiger partial charge in [-0.1, -0.05) is 13.3 Å². The van der Waals surface area contributed by atoms with E-state index in [0.717, 1.165) is 6.42 Å². The van der Waals surface area contributed by atoms with Crippen LogP contribution >= 0.6 is 0 Å². The number of hydrogen-bond acceptors (Lipinski definition) is 4. The van der Waals surface area contributed by atoms with Gasteiger partial charge in [0, 0.05) is 0 Å². The second-order valence-corrected chi connectivity index (χ2v) is 5.07.